The molecule has 384 valence electrons. The molecule has 4 N–H and O–H groups in total. The van der Waals surface area contributed by atoms with Crippen LogP contribution in [0.15, 0.2) is 60.8 Å². The van der Waals surface area contributed by atoms with E-state index in [-0.39, 0.29) is 19.6 Å². The number of carbonyl (C=O) groups is 1. The molecule has 0 aliphatic carbocycles. The van der Waals surface area contributed by atoms with E-state index < -0.39 is 59.8 Å². The molecule has 12 nitrogen and oxygen atoms in total. The summed E-state index contributed by atoms with van der Waals surface area (Å²) in [5.74, 6) is -0.401. The molecule has 0 aromatic rings. The maximum absolute atomic E-state index is 12.9. The van der Waals surface area contributed by atoms with Crippen molar-refractivity contribution in [3.05, 3.63) is 60.8 Å². The number of rotatable bonds is 45. The SMILES string of the molecule is CC/C=C\C/C=C\C/C=C\C/C=C\C/C=C\CCCCCCCCCCCCOCC(COC1OC(CO)C(O)C(OS(=O)(=O)O)C1O)OC(=O)CCCCCCCCCCCCCCC. The van der Waals surface area contributed by atoms with Crippen LogP contribution in [0.4, 0.5) is 0 Å². The summed E-state index contributed by atoms with van der Waals surface area (Å²) >= 11 is 0. The van der Waals surface area contributed by atoms with Crippen molar-refractivity contribution in [3.63, 3.8) is 0 Å². The summed E-state index contributed by atoms with van der Waals surface area (Å²) in [5, 5.41) is 30.7. The van der Waals surface area contributed by atoms with E-state index in [4.69, 9.17) is 18.9 Å². The van der Waals surface area contributed by atoms with E-state index in [1.165, 1.54) is 103 Å². The summed E-state index contributed by atoms with van der Waals surface area (Å²) in [7, 11) is -5.06. The molecule has 1 fully saturated rings. The first-order chi connectivity index (χ1) is 32.1. The van der Waals surface area contributed by atoms with Gasteiger partial charge in [0.2, 0.25) is 0 Å². The number of esters is 1. The maximum Gasteiger partial charge on any atom is 0.397 e. The fourth-order valence-corrected chi connectivity index (χ4v) is 8.27. The summed E-state index contributed by atoms with van der Waals surface area (Å²) in [5.41, 5.74) is 0. The number of hydrogen-bond donors (Lipinski definition) is 4. The first kappa shape index (κ1) is 61.8. The third kappa shape index (κ3) is 36.8. The molecule has 0 bridgehead atoms. The van der Waals surface area contributed by atoms with Gasteiger partial charge in [-0.2, -0.15) is 8.42 Å². The zero-order valence-corrected chi connectivity index (χ0v) is 42.1. The lowest BCUT2D eigenvalue weighted by atomic mass is 9.99. The van der Waals surface area contributed by atoms with Crippen molar-refractivity contribution in [1.82, 2.24) is 0 Å². The van der Waals surface area contributed by atoms with Crippen LogP contribution in [0.25, 0.3) is 0 Å². The second-order valence-electron chi connectivity index (χ2n) is 17.7. The van der Waals surface area contributed by atoms with Gasteiger partial charge >= 0.3 is 16.4 Å². The number of ether oxygens (including phenoxy) is 4. The van der Waals surface area contributed by atoms with Crippen molar-refractivity contribution >= 4 is 16.4 Å². The van der Waals surface area contributed by atoms with Crippen LogP contribution in [0.3, 0.4) is 0 Å². The topological polar surface area (TPSA) is 178 Å². The minimum absolute atomic E-state index is 0.0330. The first-order valence-electron chi connectivity index (χ1n) is 26.0. The highest BCUT2D eigenvalue weighted by atomic mass is 32.3. The van der Waals surface area contributed by atoms with Crippen molar-refractivity contribution in [2.45, 2.75) is 243 Å². The minimum atomic E-state index is -5.06. The summed E-state index contributed by atoms with van der Waals surface area (Å²) < 4.78 is 59.2. The summed E-state index contributed by atoms with van der Waals surface area (Å²) in [6, 6.07) is 0. The molecule has 0 saturated carbocycles. The van der Waals surface area contributed by atoms with Crippen LogP contribution < -0.4 is 0 Å². The van der Waals surface area contributed by atoms with Crippen LogP contribution >= 0.6 is 0 Å². The Kier molecular flexibility index (Phi) is 41.2. The van der Waals surface area contributed by atoms with Crippen molar-refractivity contribution in [2.24, 2.45) is 0 Å². The van der Waals surface area contributed by atoms with Gasteiger partial charge in [0.1, 0.15) is 30.5 Å². The fraction of sp³-hybridized carbons (Fsp3) is 0.792. The van der Waals surface area contributed by atoms with E-state index >= 15 is 0 Å². The van der Waals surface area contributed by atoms with Gasteiger partial charge in [0.05, 0.1) is 19.8 Å². The van der Waals surface area contributed by atoms with Gasteiger partial charge in [0.15, 0.2) is 6.29 Å². The Labute approximate surface area is 401 Å². The Hall–Kier alpha value is -2.20. The zero-order valence-electron chi connectivity index (χ0n) is 41.2. The highest BCUT2D eigenvalue weighted by Gasteiger charge is 2.48. The molecular formula is C53H94O12S. The lowest BCUT2D eigenvalue weighted by Gasteiger charge is -2.41. The molecule has 1 saturated heterocycles. The van der Waals surface area contributed by atoms with E-state index in [1.54, 1.807) is 0 Å². The van der Waals surface area contributed by atoms with Gasteiger partial charge < -0.3 is 34.3 Å². The number of hydrogen-bond acceptors (Lipinski definition) is 11. The zero-order chi connectivity index (χ0) is 48.2. The van der Waals surface area contributed by atoms with Crippen molar-refractivity contribution in [1.29, 1.82) is 0 Å². The van der Waals surface area contributed by atoms with E-state index in [1.807, 2.05) is 0 Å². The van der Waals surface area contributed by atoms with Gasteiger partial charge in [-0.3, -0.25) is 9.35 Å². The van der Waals surface area contributed by atoms with Crippen LogP contribution in [0.1, 0.15) is 206 Å². The Morgan fingerprint density at radius 2 is 1.05 bits per heavy atom. The molecule has 1 heterocycles. The lowest BCUT2D eigenvalue weighted by Crippen LogP contribution is -2.60. The molecule has 6 unspecified atom stereocenters. The van der Waals surface area contributed by atoms with Gasteiger partial charge in [-0.15, -0.1) is 0 Å². The molecule has 0 aromatic carbocycles. The predicted octanol–water partition coefficient (Wildman–Crippen LogP) is 12.1. The standard InChI is InChI=1S/C53H94O12S/c1-3-5-7-9-11-13-15-17-18-19-20-21-22-23-24-25-26-27-28-29-31-33-35-37-39-41-43-61-45-47(46-62-53-51(57)52(65-66(58,59)60)50(56)48(44-54)64-53)63-49(55)42-40-38-36-34-32-30-16-14-12-10-8-6-4-2/h5,7,11,13,17-18,20-21,23-24,47-48,50-54,56-57H,3-4,6,8-10,12,14-16,19,22,25-46H2,1-2H3,(H,58,59,60)/b7-5-,13-11-,18-17-,21-20-,24-23-. The molecule has 0 aromatic heterocycles. The molecule has 66 heavy (non-hydrogen) atoms. The smallest absolute Gasteiger partial charge is 0.397 e. The highest BCUT2D eigenvalue weighted by molar-refractivity contribution is 7.80. The third-order valence-electron chi connectivity index (χ3n) is 11.7. The van der Waals surface area contributed by atoms with Crippen molar-refractivity contribution < 1.29 is 56.2 Å². The van der Waals surface area contributed by atoms with Crippen LogP contribution in [-0.4, -0.2) is 97.5 Å². The number of aliphatic hydroxyl groups excluding tert-OH is 3. The molecule has 1 rings (SSSR count). The second-order valence-corrected chi connectivity index (χ2v) is 18.8. The molecule has 0 spiro atoms. The van der Waals surface area contributed by atoms with Gasteiger partial charge in [-0.05, 0) is 57.8 Å². The highest BCUT2D eigenvalue weighted by Crippen LogP contribution is 2.26. The number of unbranched alkanes of at least 4 members (excludes halogenated alkanes) is 22. The van der Waals surface area contributed by atoms with E-state index in [9.17, 15) is 33.1 Å². The van der Waals surface area contributed by atoms with Crippen LogP contribution in [0.5, 0.6) is 0 Å². The molecule has 1 aliphatic heterocycles. The molecule has 13 heteroatoms. The Morgan fingerprint density at radius 3 is 1.53 bits per heavy atom. The second kappa shape index (κ2) is 44.0. The van der Waals surface area contributed by atoms with Gasteiger partial charge in [0, 0.05) is 13.0 Å². The molecule has 6 atom stereocenters. The Bertz CT molecular complexity index is 1380. The van der Waals surface area contributed by atoms with E-state index in [0.717, 1.165) is 77.0 Å². The summed E-state index contributed by atoms with van der Waals surface area (Å²) in [6.45, 7) is 3.88. The van der Waals surface area contributed by atoms with Crippen LogP contribution in [-0.2, 0) is 38.3 Å². The Morgan fingerprint density at radius 1 is 0.591 bits per heavy atom. The number of carbonyl (C=O) groups excluding carboxylic acids is 1. The number of allylic oxidation sites excluding steroid dienone is 10. The summed E-state index contributed by atoms with van der Waals surface area (Å²) in [4.78, 5) is 12.9. The molecule has 0 amide bonds. The quantitative estimate of drug-likeness (QED) is 0.0197. The third-order valence-corrected chi connectivity index (χ3v) is 12.1. The van der Waals surface area contributed by atoms with Crippen LogP contribution in [0, 0.1) is 0 Å². The fourth-order valence-electron chi connectivity index (χ4n) is 7.76. The average Bonchev–Trinajstić information content (AvgIpc) is 3.29. The monoisotopic (exact) mass is 955 g/mol. The predicted molar refractivity (Wildman–Crippen MR) is 266 cm³/mol. The van der Waals surface area contributed by atoms with E-state index in [0.29, 0.717) is 13.0 Å². The van der Waals surface area contributed by atoms with Crippen molar-refractivity contribution in [3.8, 4) is 0 Å². The van der Waals surface area contributed by atoms with Gasteiger partial charge in [-0.1, -0.05) is 203 Å². The summed E-state index contributed by atoms with van der Waals surface area (Å²) in [6.07, 6.45) is 46.8. The Balaban J connectivity index is 2.31. The van der Waals surface area contributed by atoms with Crippen molar-refractivity contribution in [2.75, 3.05) is 26.4 Å². The van der Waals surface area contributed by atoms with Gasteiger partial charge in [0.25, 0.3) is 0 Å². The number of aliphatic hydroxyl groups is 3. The first-order valence-corrected chi connectivity index (χ1v) is 27.4. The molecule has 0 radical (unpaired) electrons. The average molecular weight is 955 g/mol. The minimum Gasteiger partial charge on any atom is -0.457 e. The largest absolute Gasteiger partial charge is 0.457 e. The molecular weight excluding hydrogens is 861 g/mol. The van der Waals surface area contributed by atoms with Crippen LogP contribution in [0.2, 0.25) is 0 Å². The normalized spacial score (nSPS) is 20.0. The lowest BCUT2D eigenvalue weighted by molar-refractivity contribution is -0.301. The van der Waals surface area contributed by atoms with Gasteiger partial charge in [-0.25, -0.2) is 4.18 Å². The maximum atomic E-state index is 12.9. The van der Waals surface area contributed by atoms with E-state index in [2.05, 4.69) is 78.8 Å². The molecule has 1 aliphatic rings.